The van der Waals surface area contributed by atoms with E-state index in [0.29, 0.717) is 0 Å². The number of benzene rings is 2. The van der Waals surface area contributed by atoms with Crippen LogP contribution in [0.15, 0.2) is 42.5 Å². The lowest BCUT2D eigenvalue weighted by atomic mass is 10.1. The van der Waals surface area contributed by atoms with Crippen molar-refractivity contribution in [2.24, 2.45) is 0 Å². The average molecular weight is 343 g/mol. The minimum absolute atomic E-state index is 0.799. The molecule has 4 nitrogen and oxygen atoms in total. The standard InChI is InChI=1S/C19H23ClN4/c20-16-2-4-17(5-3-16)24-11-9-23(10-12-24)14-15-1-6-18-19(13-15)22-8-7-21-18/h1-6,13,21-22H,7-12,14H2. The van der Waals surface area contributed by atoms with E-state index in [0.717, 1.165) is 50.8 Å². The number of hydrogen-bond acceptors (Lipinski definition) is 4. The Bertz CT molecular complexity index is 693. The zero-order valence-corrected chi connectivity index (χ0v) is 14.5. The highest BCUT2D eigenvalue weighted by Crippen LogP contribution is 2.26. The molecule has 2 heterocycles. The summed E-state index contributed by atoms with van der Waals surface area (Å²) in [6.07, 6.45) is 0. The largest absolute Gasteiger partial charge is 0.382 e. The van der Waals surface area contributed by atoms with Crippen LogP contribution >= 0.6 is 11.6 Å². The Morgan fingerprint density at radius 3 is 2.29 bits per heavy atom. The summed E-state index contributed by atoms with van der Waals surface area (Å²) in [6.45, 7) is 7.31. The van der Waals surface area contributed by atoms with Crippen molar-refractivity contribution in [3.05, 3.63) is 53.1 Å². The predicted molar refractivity (Wildman–Crippen MR) is 102 cm³/mol. The molecule has 2 N–H and O–H groups in total. The Hall–Kier alpha value is -1.91. The van der Waals surface area contributed by atoms with Crippen LogP contribution < -0.4 is 15.5 Å². The van der Waals surface area contributed by atoms with Gasteiger partial charge in [0.2, 0.25) is 0 Å². The van der Waals surface area contributed by atoms with E-state index in [-0.39, 0.29) is 0 Å². The maximum atomic E-state index is 5.98. The van der Waals surface area contributed by atoms with Gasteiger partial charge in [0.25, 0.3) is 0 Å². The molecule has 126 valence electrons. The molecule has 0 spiro atoms. The summed E-state index contributed by atoms with van der Waals surface area (Å²) in [5.74, 6) is 0. The summed E-state index contributed by atoms with van der Waals surface area (Å²) < 4.78 is 0. The van der Waals surface area contributed by atoms with Crippen molar-refractivity contribution in [1.82, 2.24) is 4.90 Å². The van der Waals surface area contributed by atoms with Crippen LogP contribution in [-0.4, -0.2) is 44.2 Å². The van der Waals surface area contributed by atoms with Gasteiger partial charge in [-0.1, -0.05) is 17.7 Å². The molecule has 0 unspecified atom stereocenters. The number of halogens is 1. The van der Waals surface area contributed by atoms with Crippen LogP contribution in [0.25, 0.3) is 0 Å². The maximum Gasteiger partial charge on any atom is 0.0579 e. The van der Waals surface area contributed by atoms with Crippen molar-refractivity contribution < 1.29 is 0 Å². The number of piperazine rings is 1. The van der Waals surface area contributed by atoms with Gasteiger partial charge < -0.3 is 15.5 Å². The molecule has 1 saturated heterocycles. The van der Waals surface area contributed by atoms with Crippen molar-refractivity contribution in [1.29, 1.82) is 0 Å². The second-order valence-electron chi connectivity index (χ2n) is 6.47. The molecule has 4 rings (SSSR count). The van der Waals surface area contributed by atoms with Gasteiger partial charge in [-0.25, -0.2) is 0 Å². The molecule has 0 saturated carbocycles. The molecule has 0 bridgehead atoms. The molecule has 0 atom stereocenters. The zero-order valence-electron chi connectivity index (χ0n) is 13.8. The first-order valence-corrected chi connectivity index (χ1v) is 8.99. The highest BCUT2D eigenvalue weighted by atomic mass is 35.5. The molecule has 1 fully saturated rings. The van der Waals surface area contributed by atoms with Gasteiger partial charge in [-0.2, -0.15) is 0 Å². The van der Waals surface area contributed by atoms with E-state index in [1.807, 2.05) is 12.1 Å². The lowest BCUT2D eigenvalue weighted by Crippen LogP contribution is -2.45. The van der Waals surface area contributed by atoms with Gasteiger partial charge in [-0.05, 0) is 42.0 Å². The first kappa shape index (κ1) is 15.6. The van der Waals surface area contributed by atoms with Crippen molar-refractivity contribution in [2.45, 2.75) is 6.54 Å². The first-order chi connectivity index (χ1) is 11.8. The third-order valence-electron chi connectivity index (χ3n) is 4.81. The van der Waals surface area contributed by atoms with Crippen LogP contribution in [-0.2, 0) is 6.54 Å². The number of rotatable bonds is 3. The normalized spacial score (nSPS) is 17.8. The van der Waals surface area contributed by atoms with Gasteiger partial charge in [0.15, 0.2) is 0 Å². The number of anilines is 3. The molecule has 0 radical (unpaired) electrons. The van der Waals surface area contributed by atoms with Gasteiger partial charge in [0.05, 0.1) is 11.4 Å². The van der Waals surface area contributed by atoms with E-state index in [1.165, 1.54) is 22.6 Å². The zero-order chi connectivity index (χ0) is 16.4. The van der Waals surface area contributed by atoms with Crippen LogP contribution in [0.3, 0.4) is 0 Å². The second kappa shape index (κ2) is 6.91. The number of nitrogens with one attached hydrogen (secondary N) is 2. The Kier molecular flexibility index (Phi) is 4.50. The van der Waals surface area contributed by atoms with Crippen molar-refractivity contribution in [3.8, 4) is 0 Å². The highest BCUT2D eigenvalue weighted by Gasteiger charge is 2.18. The third kappa shape index (κ3) is 3.45. The summed E-state index contributed by atoms with van der Waals surface area (Å²) in [7, 11) is 0. The van der Waals surface area contributed by atoms with Crippen LogP contribution in [0.1, 0.15) is 5.56 Å². The van der Waals surface area contributed by atoms with E-state index in [9.17, 15) is 0 Å². The van der Waals surface area contributed by atoms with E-state index in [2.05, 4.69) is 50.8 Å². The van der Waals surface area contributed by atoms with E-state index < -0.39 is 0 Å². The molecule has 2 aliphatic rings. The molecule has 0 amide bonds. The molecule has 24 heavy (non-hydrogen) atoms. The summed E-state index contributed by atoms with van der Waals surface area (Å²) in [5, 5.41) is 7.70. The first-order valence-electron chi connectivity index (χ1n) is 8.61. The lowest BCUT2D eigenvalue weighted by Gasteiger charge is -2.36. The fraction of sp³-hybridized carbons (Fsp3) is 0.368. The number of nitrogens with zero attached hydrogens (tertiary/aromatic N) is 2. The summed E-state index contributed by atoms with van der Waals surface area (Å²) >= 11 is 5.98. The minimum Gasteiger partial charge on any atom is -0.382 e. The maximum absolute atomic E-state index is 5.98. The third-order valence-corrected chi connectivity index (χ3v) is 5.06. The molecule has 2 aliphatic heterocycles. The SMILES string of the molecule is Clc1ccc(N2CCN(Cc3ccc4c(c3)NCCN4)CC2)cc1. The van der Waals surface area contributed by atoms with Gasteiger partial charge in [-0.3, -0.25) is 4.90 Å². The van der Waals surface area contributed by atoms with Crippen molar-refractivity contribution >= 4 is 28.7 Å². The van der Waals surface area contributed by atoms with Crippen molar-refractivity contribution in [2.75, 3.05) is 54.8 Å². The van der Waals surface area contributed by atoms with Crippen LogP contribution in [0.4, 0.5) is 17.1 Å². The molecule has 2 aromatic rings. The Balaban J connectivity index is 1.35. The Morgan fingerprint density at radius 2 is 1.54 bits per heavy atom. The monoisotopic (exact) mass is 342 g/mol. The van der Waals surface area contributed by atoms with Gasteiger partial charge >= 0.3 is 0 Å². The minimum atomic E-state index is 0.799. The van der Waals surface area contributed by atoms with E-state index in [1.54, 1.807) is 0 Å². The van der Waals surface area contributed by atoms with Crippen LogP contribution in [0, 0.1) is 0 Å². The number of hydrogen-bond donors (Lipinski definition) is 2. The fourth-order valence-electron chi connectivity index (χ4n) is 3.46. The van der Waals surface area contributed by atoms with Gasteiger partial charge in [0, 0.05) is 56.5 Å². The topological polar surface area (TPSA) is 30.5 Å². The molecule has 0 aromatic heterocycles. The average Bonchev–Trinajstić information content (AvgIpc) is 2.63. The smallest absolute Gasteiger partial charge is 0.0579 e. The van der Waals surface area contributed by atoms with Crippen LogP contribution in [0.5, 0.6) is 0 Å². The molecular formula is C19H23ClN4. The van der Waals surface area contributed by atoms with Gasteiger partial charge in [-0.15, -0.1) is 0 Å². The molecular weight excluding hydrogens is 320 g/mol. The van der Waals surface area contributed by atoms with E-state index >= 15 is 0 Å². The quantitative estimate of drug-likeness (QED) is 0.893. The summed E-state index contributed by atoms with van der Waals surface area (Å²) in [4.78, 5) is 4.97. The predicted octanol–water partition coefficient (Wildman–Crippen LogP) is 3.50. The Morgan fingerprint density at radius 1 is 0.833 bits per heavy atom. The van der Waals surface area contributed by atoms with Crippen molar-refractivity contribution in [3.63, 3.8) is 0 Å². The van der Waals surface area contributed by atoms with E-state index in [4.69, 9.17) is 11.6 Å². The highest BCUT2D eigenvalue weighted by molar-refractivity contribution is 6.30. The summed E-state index contributed by atoms with van der Waals surface area (Å²) in [5.41, 5.74) is 5.10. The molecule has 2 aromatic carbocycles. The van der Waals surface area contributed by atoms with Gasteiger partial charge in [0.1, 0.15) is 0 Å². The molecule has 5 heteroatoms. The molecule has 0 aliphatic carbocycles. The fourth-order valence-corrected chi connectivity index (χ4v) is 3.58. The second-order valence-corrected chi connectivity index (χ2v) is 6.91. The number of fused-ring (bicyclic) bond motifs is 1. The Labute approximate surface area is 148 Å². The lowest BCUT2D eigenvalue weighted by molar-refractivity contribution is 0.250. The van der Waals surface area contributed by atoms with Crippen LogP contribution in [0.2, 0.25) is 5.02 Å². The summed E-state index contributed by atoms with van der Waals surface area (Å²) in [6, 6.07) is 14.9.